The lowest BCUT2D eigenvalue weighted by atomic mass is 10.4. The second kappa shape index (κ2) is 3.10. The topological polar surface area (TPSA) is 63.1 Å². The van der Waals surface area contributed by atoms with E-state index in [2.05, 4.69) is 9.97 Å². The number of thiophene rings is 1. The first kappa shape index (κ1) is 8.12. The van der Waals surface area contributed by atoms with Crippen molar-refractivity contribution in [1.82, 2.24) is 9.97 Å². The van der Waals surface area contributed by atoms with E-state index in [4.69, 9.17) is 5.11 Å². The van der Waals surface area contributed by atoms with E-state index in [1.54, 1.807) is 17.5 Å². The fraction of sp³-hybridized carbons (Fsp3) is 0.125. The van der Waals surface area contributed by atoms with Gasteiger partial charge in [0.05, 0.1) is 10.2 Å². The van der Waals surface area contributed by atoms with Crippen molar-refractivity contribution in [3.8, 4) is 0 Å². The van der Waals surface area contributed by atoms with Gasteiger partial charge in [0.15, 0.2) is 0 Å². The van der Waals surface area contributed by atoms with Gasteiger partial charge in [0, 0.05) is 6.20 Å². The first-order chi connectivity index (χ1) is 6.25. The molecule has 0 aromatic carbocycles. The number of fused-ring (bicyclic) bond motifs is 1. The summed E-state index contributed by atoms with van der Waals surface area (Å²) in [7, 11) is 0. The van der Waals surface area contributed by atoms with E-state index in [-0.39, 0.29) is 6.42 Å². The van der Waals surface area contributed by atoms with Gasteiger partial charge in [-0.2, -0.15) is 0 Å². The Kier molecular flexibility index (Phi) is 1.94. The number of carboxylic acids is 1. The van der Waals surface area contributed by atoms with Crippen LogP contribution in [-0.4, -0.2) is 21.0 Å². The smallest absolute Gasteiger partial charge is 0.311 e. The maximum Gasteiger partial charge on any atom is 0.311 e. The molecule has 0 unspecified atom stereocenters. The quantitative estimate of drug-likeness (QED) is 0.783. The number of carbonyl (C=O) groups is 1. The van der Waals surface area contributed by atoms with Crippen molar-refractivity contribution in [2.24, 2.45) is 0 Å². The van der Waals surface area contributed by atoms with E-state index in [9.17, 15) is 4.79 Å². The van der Waals surface area contributed by atoms with Crippen molar-refractivity contribution >= 4 is 27.5 Å². The molecule has 2 aromatic heterocycles. The van der Waals surface area contributed by atoms with Gasteiger partial charge >= 0.3 is 5.97 Å². The van der Waals surface area contributed by atoms with E-state index in [0.717, 1.165) is 10.2 Å². The van der Waals surface area contributed by atoms with Gasteiger partial charge in [-0.1, -0.05) is 0 Å². The molecule has 2 aromatic rings. The summed E-state index contributed by atoms with van der Waals surface area (Å²) < 4.78 is 0.981. The Morgan fingerprint density at radius 2 is 2.46 bits per heavy atom. The Hall–Kier alpha value is -1.49. The molecular weight excluding hydrogens is 188 g/mol. The van der Waals surface area contributed by atoms with Crippen molar-refractivity contribution < 1.29 is 9.90 Å². The van der Waals surface area contributed by atoms with Crippen molar-refractivity contribution in [3.63, 3.8) is 0 Å². The van der Waals surface area contributed by atoms with Crippen LogP contribution in [0.1, 0.15) is 5.82 Å². The molecule has 0 aliphatic rings. The fourth-order valence-electron chi connectivity index (χ4n) is 1.02. The third-order valence-electron chi connectivity index (χ3n) is 1.56. The van der Waals surface area contributed by atoms with E-state index >= 15 is 0 Å². The first-order valence-electron chi connectivity index (χ1n) is 3.66. The Morgan fingerprint density at radius 1 is 1.62 bits per heavy atom. The van der Waals surface area contributed by atoms with Crippen LogP contribution in [0.4, 0.5) is 0 Å². The molecule has 0 aliphatic carbocycles. The Bertz CT molecular complexity index is 452. The normalized spacial score (nSPS) is 10.5. The molecule has 13 heavy (non-hydrogen) atoms. The van der Waals surface area contributed by atoms with Gasteiger partial charge in [0.2, 0.25) is 0 Å². The summed E-state index contributed by atoms with van der Waals surface area (Å²) in [4.78, 5) is 18.4. The van der Waals surface area contributed by atoms with Crippen LogP contribution in [0, 0.1) is 0 Å². The molecule has 5 heteroatoms. The zero-order valence-electron chi connectivity index (χ0n) is 6.60. The third-order valence-corrected chi connectivity index (χ3v) is 2.40. The molecule has 66 valence electrons. The average Bonchev–Trinajstić information content (AvgIpc) is 2.49. The molecule has 0 amide bonds. The minimum absolute atomic E-state index is 0.119. The van der Waals surface area contributed by atoms with Crippen molar-refractivity contribution in [1.29, 1.82) is 0 Å². The van der Waals surface area contributed by atoms with Crippen LogP contribution in [0.15, 0.2) is 17.6 Å². The standard InChI is InChI=1S/C8H6N2O2S/c11-8(12)3-7-9-4-6-5(10-7)1-2-13-6/h1-2,4H,3H2,(H,11,12). The number of aromatic nitrogens is 2. The van der Waals surface area contributed by atoms with Crippen molar-refractivity contribution in [3.05, 3.63) is 23.5 Å². The van der Waals surface area contributed by atoms with Crippen LogP contribution in [0.5, 0.6) is 0 Å². The molecule has 2 heterocycles. The molecule has 1 N–H and O–H groups in total. The van der Waals surface area contributed by atoms with Gasteiger partial charge in [-0.25, -0.2) is 9.97 Å². The maximum atomic E-state index is 10.4. The highest BCUT2D eigenvalue weighted by atomic mass is 32.1. The minimum Gasteiger partial charge on any atom is -0.481 e. The highest BCUT2D eigenvalue weighted by molar-refractivity contribution is 7.17. The number of nitrogens with zero attached hydrogens (tertiary/aromatic N) is 2. The molecule has 0 aliphatic heterocycles. The SMILES string of the molecule is O=C(O)Cc1ncc2sccc2n1. The average molecular weight is 194 g/mol. The summed E-state index contributed by atoms with van der Waals surface area (Å²) in [6, 6.07) is 1.85. The summed E-state index contributed by atoms with van der Waals surface area (Å²) in [5.41, 5.74) is 0.816. The highest BCUT2D eigenvalue weighted by Gasteiger charge is 2.04. The molecule has 0 fully saturated rings. The Labute approximate surface area is 77.9 Å². The van der Waals surface area contributed by atoms with Crippen molar-refractivity contribution in [2.75, 3.05) is 0 Å². The molecular formula is C8H6N2O2S. The lowest BCUT2D eigenvalue weighted by Gasteiger charge is -1.94. The summed E-state index contributed by atoms with van der Waals surface area (Å²) in [6.45, 7) is 0. The van der Waals surface area contributed by atoms with Crippen LogP contribution < -0.4 is 0 Å². The summed E-state index contributed by atoms with van der Waals surface area (Å²) in [5, 5.41) is 10.4. The largest absolute Gasteiger partial charge is 0.481 e. The molecule has 0 saturated heterocycles. The molecule has 0 radical (unpaired) electrons. The zero-order valence-corrected chi connectivity index (χ0v) is 7.41. The highest BCUT2D eigenvalue weighted by Crippen LogP contribution is 2.17. The molecule has 0 spiro atoms. The van der Waals surface area contributed by atoms with E-state index in [1.807, 2.05) is 11.4 Å². The van der Waals surface area contributed by atoms with E-state index in [0.29, 0.717) is 5.82 Å². The van der Waals surface area contributed by atoms with E-state index < -0.39 is 5.97 Å². The summed E-state index contributed by atoms with van der Waals surface area (Å²) in [5.74, 6) is -0.548. The van der Waals surface area contributed by atoms with Crippen molar-refractivity contribution in [2.45, 2.75) is 6.42 Å². The predicted octanol–water partition coefficient (Wildman–Crippen LogP) is 1.32. The second-order valence-corrected chi connectivity index (χ2v) is 3.47. The molecule has 0 atom stereocenters. The lowest BCUT2D eigenvalue weighted by molar-refractivity contribution is -0.136. The summed E-state index contributed by atoms with van der Waals surface area (Å²) in [6.07, 6.45) is 1.54. The van der Waals surface area contributed by atoms with Crippen LogP contribution >= 0.6 is 11.3 Å². The molecule has 0 bridgehead atoms. The first-order valence-corrected chi connectivity index (χ1v) is 4.54. The van der Waals surface area contributed by atoms with E-state index in [1.165, 1.54) is 0 Å². The number of hydrogen-bond acceptors (Lipinski definition) is 4. The summed E-state index contributed by atoms with van der Waals surface area (Å²) >= 11 is 1.54. The van der Waals surface area contributed by atoms with Crippen LogP contribution in [-0.2, 0) is 11.2 Å². The van der Waals surface area contributed by atoms with Gasteiger partial charge in [-0.3, -0.25) is 4.79 Å². The fourth-order valence-corrected chi connectivity index (χ4v) is 1.72. The zero-order chi connectivity index (χ0) is 9.26. The van der Waals surface area contributed by atoms with Gasteiger partial charge < -0.3 is 5.11 Å². The molecule has 4 nitrogen and oxygen atoms in total. The Balaban J connectivity index is 2.42. The molecule has 2 rings (SSSR count). The van der Waals surface area contributed by atoms with Gasteiger partial charge in [0.25, 0.3) is 0 Å². The number of carboxylic acid groups (broad SMARTS) is 1. The Morgan fingerprint density at radius 3 is 3.23 bits per heavy atom. The van der Waals surface area contributed by atoms with Gasteiger partial charge in [-0.15, -0.1) is 11.3 Å². The van der Waals surface area contributed by atoms with Crippen LogP contribution in [0.3, 0.4) is 0 Å². The van der Waals surface area contributed by atoms with Gasteiger partial charge in [0.1, 0.15) is 12.2 Å². The second-order valence-electron chi connectivity index (χ2n) is 2.53. The maximum absolute atomic E-state index is 10.4. The lowest BCUT2D eigenvalue weighted by Crippen LogP contribution is -2.04. The number of aliphatic carboxylic acids is 1. The monoisotopic (exact) mass is 194 g/mol. The number of rotatable bonds is 2. The van der Waals surface area contributed by atoms with Crippen LogP contribution in [0.25, 0.3) is 10.2 Å². The van der Waals surface area contributed by atoms with Gasteiger partial charge in [-0.05, 0) is 11.4 Å². The van der Waals surface area contributed by atoms with Crippen LogP contribution in [0.2, 0.25) is 0 Å². The number of hydrogen-bond donors (Lipinski definition) is 1. The third kappa shape index (κ3) is 1.65. The minimum atomic E-state index is -0.908. The molecule has 0 saturated carbocycles. The predicted molar refractivity (Wildman–Crippen MR) is 48.8 cm³/mol.